The molecule has 0 aliphatic rings. The third kappa shape index (κ3) is 14.8. The Morgan fingerprint density at radius 2 is 0.797 bits per heavy atom. The molecule has 0 saturated carbocycles. The van der Waals surface area contributed by atoms with Crippen molar-refractivity contribution in [3.63, 3.8) is 0 Å². The van der Waals surface area contributed by atoms with Crippen LogP contribution in [0.15, 0.2) is 24.3 Å². The van der Waals surface area contributed by atoms with E-state index in [1.807, 2.05) is 24.3 Å². The molecule has 0 aliphatic carbocycles. The van der Waals surface area contributed by atoms with Gasteiger partial charge in [0.05, 0.1) is 38.4 Å². The van der Waals surface area contributed by atoms with Crippen LogP contribution in [-0.4, -0.2) is 80.1 Å². The van der Waals surface area contributed by atoms with Crippen molar-refractivity contribution < 1.29 is 54.2 Å². The van der Waals surface area contributed by atoms with Crippen molar-refractivity contribution in [2.45, 2.75) is 176 Å². The van der Waals surface area contributed by atoms with E-state index >= 15 is 0 Å². The molecule has 0 aliphatic heterocycles. The first-order chi connectivity index (χ1) is 27.0. The number of rotatable bonds is 18. The summed E-state index contributed by atoms with van der Waals surface area (Å²) in [5.41, 5.74) is -0.263. The standard InChI is InChI=1S/C47H76O8.H3O3P/c1-15-17-23-54-38(51)21-19-32-25-34(42(3,4)5)40(35(26-32)43(6,7)8)47(53,46(29-48,30-49)31-50)41-36(44(9,10)11)27-33(28-37(41)45(12,13)14)20-22-39(52)55-24-18-16-2;1-4(2)3/h25-28,48-50,53H,15-24,29-31H2,1-14H3;1-3H. The first-order valence-corrected chi connectivity index (χ1v) is 22.3. The van der Waals surface area contributed by atoms with E-state index in [0.717, 1.165) is 59.1 Å². The van der Waals surface area contributed by atoms with Crippen molar-refractivity contribution in [3.8, 4) is 0 Å². The molecule has 0 spiro atoms. The SMILES string of the molecule is CCCCOC(=O)CCc1cc(C(C)(C)C)c(C(O)(c2c(C(C)(C)C)cc(CCC(=O)OCCCC)cc2C(C)(C)C)C(CO)(CO)CO)c(C(C)(C)C)c1.OP(O)O. The van der Waals surface area contributed by atoms with Gasteiger partial charge in [-0.2, -0.15) is 0 Å². The van der Waals surface area contributed by atoms with Crippen molar-refractivity contribution in [2.75, 3.05) is 33.0 Å². The quantitative estimate of drug-likeness (QED) is 0.0439. The van der Waals surface area contributed by atoms with E-state index < -0.39 is 61.1 Å². The zero-order valence-corrected chi connectivity index (χ0v) is 39.6. The summed E-state index contributed by atoms with van der Waals surface area (Å²) in [6, 6.07) is 8.16. The second-order valence-electron chi connectivity index (χ2n) is 20.0. The smallest absolute Gasteiger partial charge is 0.324 e. The van der Waals surface area contributed by atoms with Crippen LogP contribution in [-0.2, 0) is 59.2 Å². The molecule has 7 N–H and O–H groups in total. The van der Waals surface area contributed by atoms with Gasteiger partial charge in [0, 0.05) is 12.8 Å². The minimum absolute atomic E-state index is 0.199. The molecule has 338 valence electrons. The van der Waals surface area contributed by atoms with Gasteiger partial charge in [-0.05, 0) is 91.9 Å². The Kier molecular flexibility index (Phi) is 20.9. The van der Waals surface area contributed by atoms with Crippen LogP contribution in [0.25, 0.3) is 0 Å². The first kappa shape index (κ1) is 54.5. The molecule has 0 atom stereocenters. The lowest BCUT2D eigenvalue weighted by molar-refractivity contribution is -0.144. The van der Waals surface area contributed by atoms with E-state index in [1.54, 1.807) is 0 Å². The van der Waals surface area contributed by atoms with Crippen molar-refractivity contribution in [1.29, 1.82) is 0 Å². The van der Waals surface area contributed by atoms with E-state index in [4.69, 9.17) is 24.2 Å². The number of hydrogen-bond donors (Lipinski definition) is 7. The number of benzene rings is 2. The van der Waals surface area contributed by atoms with Gasteiger partial charge in [-0.3, -0.25) is 9.59 Å². The van der Waals surface area contributed by atoms with E-state index in [2.05, 4.69) is 96.9 Å². The van der Waals surface area contributed by atoms with E-state index in [-0.39, 0.29) is 24.8 Å². The van der Waals surface area contributed by atoms with Gasteiger partial charge in [-0.25, -0.2) is 0 Å². The number of unbranched alkanes of at least 4 members (excludes halogenated alkanes) is 2. The minimum Gasteiger partial charge on any atom is -0.466 e. The Balaban J connectivity index is 0.00000415. The summed E-state index contributed by atoms with van der Waals surface area (Å²) in [7, 11) is -2.62. The lowest BCUT2D eigenvalue weighted by atomic mass is 9.56. The maximum atomic E-state index is 14.3. The Morgan fingerprint density at radius 3 is 1.00 bits per heavy atom. The van der Waals surface area contributed by atoms with Gasteiger partial charge in [0.15, 0.2) is 0 Å². The summed E-state index contributed by atoms with van der Waals surface area (Å²) in [6.45, 7) is 27.5. The summed E-state index contributed by atoms with van der Waals surface area (Å²) in [5.74, 6) is -0.523. The van der Waals surface area contributed by atoms with Crippen molar-refractivity contribution in [1.82, 2.24) is 0 Å². The predicted molar refractivity (Wildman–Crippen MR) is 236 cm³/mol. The van der Waals surface area contributed by atoms with Gasteiger partial charge >= 0.3 is 20.5 Å². The zero-order valence-electron chi connectivity index (χ0n) is 38.7. The predicted octanol–water partition coefficient (Wildman–Crippen LogP) is 7.82. The van der Waals surface area contributed by atoms with Crippen molar-refractivity contribution in [2.24, 2.45) is 5.41 Å². The van der Waals surface area contributed by atoms with Gasteiger partial charge < -0.3 is 44.6 Å². The highest BCUT2D eigenvalue weighted by Crippen LogP contribution is 2.56. The molecule has 59 heavy (non-hydrogen) atoms. The van der Waals surface area contributed by atoms with Crippen LogP contribution in [0.5, 0.6) is 0 Å². The first-order valence-electron chi connectivity index (χ1n) is 21.1. The maximum Gasteiger partial charge on any atom is 0.324 e. The van der Waals surface area contributed by atoms with E-state index in [1.165, 1.54) is 0 Å². The molecule has 0 fully saturated rings. The number of hydrogen-bond acceptors (Lipinski definition) is 11. The van der Waals surface area contributed by atoms with Crippen LogP contribution < -0.4 is 0 Å². The molecule has 2 rings (SSSR count). The minimum atomic E-state index is -2.62. The monoisotopic (exact) mass is 851 g/mol. The molecule has 0 bridgehead atoms. The molecule has 0 radical (unpaired) electrons. The summed E-state index contributed by atoms with van der Waals surface area (Å²) in [4.78, 5) is 47.2. The van der Waals surface area contributed by atoms with Gasteiger partial charge in [0.1, 0.15) is 5.60 Å². The van der Waals surface area contributed by atoms with Crippen molar-refractivity contribution in [3.05, 3.63) is 68.8 Å². The third-order valence-electron chi connectivity index (χ3n) is 10.8. The Morgan fingerprint density at radius 1 is 0.542 bits per heavy atom. The van der Waals surface area contributed by atoms with Crippen LogP contribution >= 0.6 is 8.60 Å². The third-order valence-corrected chi connectivity index (χ3v) is 10.8. The lowest BCUT2D eigenvalue weighted by Crippen LogP contribution is -2.57. The average molecular weight is 851 g/mol. The Hall–Kier alpha value is -2.47. The second-order valence-corrected chi connectivity index (χ2v) is 20.5. The second kappa shape index (κ2) is 22.6. The van der Waals surface area contributed by atoms with Crippen LogP contribution in [0.4, 0.5) is 0 Å². The van der Waals surface area contributed by atoms with Crippen molar-refractivity contribution >= 4 is 20.5 Å². The number of aliphatic hydroxyl groups excluding tert-OH is 3. The van der Waals surface area contributed by atoms with Gasteiger partial charge in [0.25, 0.3) is 0 Å². The number of aryl methyl sites for hydroxylation is 2. The van der Waals surface area contributed by atoms with Crippen LogP contribution in [0.2, 0.25) is 0 Å². The van der Waals surface area contributed by atoms with Crippen LogP contribution in [0, 0.1) is 5.41 Å². The van der Waals surface area contributed by atoms with Gasteiger partial charge in [-0.15, -0.1) is 0 Å². The lowest BCUT2D eigenvalue weighted by Gasteiger charge is -2.52. The molecule has 11 nitrogen and oxygen atoms in total. The number of carbonyl (C=O) groups excluding carboxylic acids is 2. The largest absolute Gasteiger partial charge is 0.466 e. The Labute approximate surface area is 356 Å². The molecular formula is C47H79O11P. The van der Waals surface area contributed by atoms with Gasteiger partial charge in [0.2, 0.25) is 0 Å². The molecule has 2 aromatic rings. The van der Waals surface area contributed by atoms with Crippen LogP contribution in [0.3, 0.4) is 0 Å². The highest BCUT2D eigenvalue weighted by molar-refractivity contribution is 7.38. The maximum absolute atomic E-state index is 14.3. The van der Waals surface area contributed by atoms with E-state index in [9.17, 15) is 30.0 Å². The number of ether oxygens (including phenoxy) is 2. The fourth-order valence-electron chi connectivity index (χ4n) is 7.28. The molecular weight excluding hydrogens is 771 g/mol. The van der Waals surface area contributed by atoms with E-state index in [0.29, 0.717) is 37.2 Å². The summed E-state index contributed by atoms with van der Waals surface area (Å²) < 4.78 is 11.0. The highest BCUT2D eigenvalue weighted by atomic mass is 31.2. The Bertz CT molecular complexity index is 1450. The topological polar surface area (TPSA) is 194 Å². The summed E-state index contributed by atoms with van der Waals surface area (Å²) in [5, 5.41) is 48.5. The molecule has 0 aromatic heterocycles. The highest BCUT2D eigenvalue weighted by Gasteiger charge is 2.58. The normalized spacial score (nSPS) is 13.0. The summed E-state index contributed by atoms with van der Waals surface area (Å²) >= 11 is 0. The van der Waals surface area contributed by atoms with Gasteiger partial charge in [-0.1, -0.05) is 134 Å². The molecule has 0 saturated heterocycles. The average Bonchev–Trinajstić information content (AvgIpc) is 3.11. The zero-order chi connectivity index (χ0) is 45.8. The summed E-state index contributed by atoms with van der Waals surface area (Å²) in [6.07, 6.45) is 4.74. The number of carbonyl (C=O) groups is 2. The molecule has 12 heteroatoms. The molecule has 0 heterocycles. The number of aliphatic hydroxyl groups is 4. The molecule has 2 aromatic carbocycles. The van der Waals surface area contributed by atoms with Crippen LogP contribution in [0.1, 0.15) is 180 Å². The molecule has 0 unspecified atom stereocenters. The fraction of sp³-hybridized carbons (Fsp3) is 0.702. The number of esters is 2. The fourth-order valence-corrected chi connectivity index (χ4v) is 7.28. The molecule has 0 amide bonds.